The Morgan fingerprint density at radius 1 is 1.35 bits per heavy atom. The number of alkyl halides is 5. The smallest absolute Gasteiger partial charge is 0.488 e. The third-order valence-electron chi connectivity index (χ3n) is 4.06. The molecule has 26 heavy (non-hydrogen) atoms. The molecule has 2 atom stereocenters. The van der Waals surface area contributed by atoms with Crippen LogP contribution in [-0.4, -0.2) is 44.8 Å². The first-order chi connectivity index (χ1) is 11.9. The van der Waals surface area contributed by atoms with E-state index < -0.39 is 55.9 Å². The van der Waals surface area contributed by atoms with Crippen molar-refractivity contribution in [1.29, 1.82) is 0 Å². The number of rotatable bonds is 6. The van der Waals surface area contributed by atoms with Crippen molar-refractivity contribution in [3.63, 3.8) is 0 Å². The molecule has 0 aliphatic heterocycles. The Kier molecular flexibility index (Phi) is 5.56. The Morgan fingerprint density at radius 3 is 2.46 bits per heavy atom. The van der Waals surface area contributed by atoms with Crippen molar-refractivity contribution in [3.05, 3.63) is 23.3 Å². The Bertz CT molecular complexity index is 775. The molecule has 0 radical (unpaired) electrons. The first-order valence-corrected chi connectivity index (χ1v) is 9.03. The van der Waals surface area contributed by atoms with E-state index in [4.69, 9.17) is 9.47 Å². The quantitative estimate of drug-likeness (QED) is 0.738. The van der Waals surface area contributed by atoms with Crippen LogP contribution < -0.4 is 4.74 Å². The highest BCUT2D eigenvalue weighted by atomic mass is 32.2. The van der Waals surface area contributed by atoms with Crippen molar-refractivity contribution in [2.45, 2.75) is 48.3 Å². The molecule has 0 amide bonds. The van der Waals surface area contributed by atoms with Crippen LogP contribution >= 0.6 is 0 Å². The Balaban J connectivity index is 2.63. The number of sulfone groups is 1. The Labute approximate surface area is 146 Å². The van der Waals surface area contributed by atoms with Crippen molar-refractivity contribution < 1.29 is 45.0 Å². The van der Waals surface area contributed by atoms with Crippen molar-refractivity contribution >= 4 is 9.84 Å². The summed E-state index contributed by atoms with van der Waals surface area (Å²) in [4.78, 5) is -1.39. The van der Waals surface area contributed by atoms with E-state index in [1.165, 1.54) is 7.11 Å². The number of halogens is 5. The lowest BCUT2D eigenvalue weighted by Crippen LogP contribution is -2.27. The van der Waals surface area contributed by atoms with Crippen LogP contribution in [0.2, 0.25) is 0 Å². The molecule has 1 N–H and O–H groups in total. The van der Waals surface area contributed by atoms with E-state index in [0.717, 1.165) is 6.07 Å². The molecule has 0 bridgehead atoms. The highest BCUT2D eigenvalue weighted by Gasteiger charge is 2.55. The summed E-state index contributed by atoms with van der Waals surface area (Å²) in [5, 5.41) is 9.78. The van der Waals surface area contributed by atoms with E-state index >= 15 is 0 Å². The summed E-state index contributed by atoms with van der Waals surface area (Å²) in [7, 11) is -4.54. The van der Waals surface area contributed by atoms with Crippen LogP contribution in [0.5, 0.6) is 5.75 Å². The number of aliphatic hydroxyl groups excluding tert-OH is 1. The molecule has 1 aromatic rings. The van der Waals surface area contributed by atoms with Crippen molar-refractivity contribution in [2.75, 3.05) is 13.7 Å². The Hall–Kier alpha value is -1.46. The third kappa shape index (κ3) is 3.52. The fraction of sp³-hybridized carbons (Fsp3) is 0.600. The lowest BCUT2D eigenvalue weighted by Gasteiger charge is -2.20. The molecular formula is C15H17F5O5S. The summed E-state index contributed by atoms with van der Waals surface area (Å²) in [5.41, 5.74) is -7.12. The third-order valence-corrected chi connectivity index (χ3v) is 5.60. The van der Waals surface area contributed by atoms with Crippen LogP contribution in [0.1, 0.15) is 30.6 Å². The second-order valence-electron chi connectivity index (χ2n) is 5.85. The molecule has 1 aromatic carbocycles. The number of benzene rings is 1. The van der Waals surface area contributed by atoms with Crippen LogP contribution in [-0.2, 0) is 21.0 Å². The van der Waals surface area contributed by atoms with Gasteiger partial charge in [-0.3, -0.25) is 0 Å². The van der Waals surface area contributed by atoms with Gasteiger partial charge in [0.2, 0.25) is 0 Å². The van der Waals surface area contributed by atoms with Gasteiger partial charge in [0.15, 0.2) is 0 Å². The molecule has 2 rings (SSSR count). The van der Waals surface area contributed by atoms with Gasteiger partial charge in [0, 0.05) is 24.7 Å². The maximum Gasteiger partial charge on any atom is 0.501 e. The molecule has 0 spiro atoms. The number of methoxy groups -OCH3 is 1. The minimum atomic E-state index is -5.92. The van der Waals surface area contributed by atoms with Gasteiger partial charge in [0.25, 0.3) is 15.8 Å². The van der Waals surface area contributed by atoms with Gasteiger partial charge in [-0.05, 0) is 18.6 Å². The normalized spacial score (nSPS) is 20.7. The number of fused-ring (bicyclic) bond motifs is 1. The van der Waals surface area contributed by atoms with Crippen LogP contribution in [0.3, 0.4) is 0 Å². The van der Waals surface area contributed by atoms with Crippen LogP contribution in [0.4, 0.5) is 22.0 Å². The lowest BCUT2D eigenvalue weighted by atomic mass is 10.1. The molecule has 5 nitrogen and oxygen atoms in total. The summed E-state index contributed by atoms with van der Waals surface area (Å²) < 4.78 is 100. The predicted octanol–water partition coefficient (Wildman–Crippen LogP) is 3.01. The largest absolute Gasteiger partial charge is 0.501 e. The topological polar surface area (TPSA) is 72.8 Å². The summed E-state index contributed by atoms with van der Waals surface area (Å²) in [5.74, 6) is -4.03. The van der Waals surface area contributed by atoms with Crippen molar-refractivity contribution in [3.8, 4) is 5.75 Å². The van der Waals surface area contributed by atoms with Gasteiger partial charge in [0.1, 0.15) is 18.0 Å². The minimum absolute atomic E-state index is 0.0901. The molecule has 2 unspecified atom stereocenters. The number of hydrogen-bond acceptors (Lipinski definition) is 5. The van der Waals surface area contributed by atoms with E-state index in [9.17, 15) is 35.5 Å². The maximum absolute atomic E-state index is 13.9. The summed E-state index contributed by atoms with van der Waals surface area (Å²) in [6, 6.07) is 1.42. The molecule has 0 saturated carbocycles. The van der Waals surface area contributed by atoms with Gasteiger partial charge in [-0.1, -0.05) is 6.92 Å². The molecule has 1 aliphatic carbocycles. The molecule has 11 heteroatoms. The first kappa shape index (κ1) is 20.8. The van der Waals surface area contributed by atoms with Crippen LogP contribution in [0.15, 0.2) is 17.0 Å². The van der Waals surface area contributed by atoms with Crippen LogP contribution in [0.25, 0.3) is 0 Å². The summed E-state index contributed by atoms with van der Waals surface area (Å²) in [6.07, 6.45) is -4.00. The highest BCUT2D eigenvalue weighted by Crippen LogP contribution is 2.50. The Morgan fingerprint density at radius 2 is 1.96 bits per heavy atom. The van der Waals surface area contributed by atoms with Crippen molar-refractivity contribution in [1.82, 2.24) is 0 Å². The summed E-state index contributed by atoms with van der Waals surface area (Å²) in [6.45, 7) is 1.81. The molecule has 0 aromatic heterocycles. The standard InChI is InChI=1S/C15H17F5O5S/c1-3-8(7-24-2)25-10-4-5-11(26(22,23)15(18,19)20)12-9(10)6-14(16,17)13(12)21/h4-5,8,13,21H,3,6-7H2,1-2H3. The van der Waals surface area contributed by atoms with Gasteiger partial charge in [0.05, 0.1) is 11.5 Å². The second kappa shape index (κ2) is 6.93. The van der Waals surface area contributed by atoms with Gasteiger partial charge < -0.3 is 14.6 Å². The second-order valence-corrected chi connectivity index (χ2v) is 7.76. The molecule has 0 saturated heterocycles. The number of aliphatic hydroxyl groups is 1. The van der Waals surface area contributed by atoms with E-state index in [0.29, 0.717) is 12.5 Å². The molecule has 0 heterocycles. The van der Waals surface area contributed by atoms with Gasteiger partial charge >= 0.3 is 5.51 Å². The van der Waals surface area contributed by atoms with Gasteiger partial charge in [-0.2, -0.15) is 13.2 Å². The minimum Gasteiger partial charge on any atom is -0.488 e. The number of hydrogen-bond donors (Lipinski definition) is 1. The summed E-state index contributed by atoms with van der Waals surface area (Å²) >= 11 is 0. The average molecular weight is 404 g/mol. The lowest BCUT2D eigenvalue weighted by molar-refractivity contribution is -0.0979. The van der Waals surface area contributed by atoms with Crippen molar-refractivity contribution in [2.24, 2.45) is 0 Å². The molecule has 148 valence electrons. The van der Waals surface area contributed by atoms with E-state index in [-0.39, 0.29) is 12.4 Å². The van der Waals surface area contributed by atoms with E-state index in [1.54, 1.807) is 6.92 Å². The average Bonchev–Trinajstić information content (AvgIpc) is 2.76. The predicted molar refractivity (Wildman–Crippen MR) is 79.9 cm³/mol. The van der Waals surface area contributed by atoms with Gasteiger partial charge in [-0.25, -0.2) is 17.2 Å². The molecule has 0 fully saturated rings. The maximum atomic E-state index is 13.9. The van der Waals surface area contributed by atoms with Gasteiger partial charge in [-0.15, -0.1) is 0 Å². The zero-order valence-corrected chi connectivity index (χ0v) is 14.6. The molecule has 1 aliphatic rings. The zero-order chi connectivity index (χ0) is 19.9. The monoisotopic (exact) mass is 404 g/mol. The fourth-order valence-corrected chi connectivity index (χ4v) is 3.74. The van der Waals surface area contributed by atoms with E-state index in [1.807, 2.05) is 0 Å². The van der Waals surface area contributed by atoms with Crippen LogP contribution in [0, 0.1) is 0 Å². The number of ether oxygens (including phenoxy) is 2. The fourth-order valence-electron chi connectivity index (χ4n) is 2.72. The highest BCUT2D eigenvalue weighted by molar-refractivity contribution is 7.92. The SMILES string of the molecule is CCC(COC)Oc1ccc(S(=O)(=O)C(F)(F)F)c2c1CC(F)(F)C2O. The van der Waals surface area contributed by atoms with E-state index in [2.05, 4.69) is 0 Å². The zero-order valence-electron chi connectivity index (χ0n) is 13.8. The molecular weight excluding hydrogens is 387 g/mol. The first-order valence-electron chi connectivity index (χ1n) is 7.55.